The second kappa shape index (κ2) is 7.48. The molecule has 0 amide bonds. The maximum absolute atomic E-state index is 11.8. The lowest BCUT2D eigenvalue weighted by molar-refractivity contribution is 0.331. The van der Waals surface area contributed by atoms with Crippen LogP contribution in [0.15, 0.2) is 73.2 Å². The quantitative estimate of drug-likeness (QED) is 0.633. The van der Waals surface area contributed by atoms with E-state index in [-0.39, 0.29) is 0 Å². The van der Waals surface area contributed by atoms with E-state index in [0.717, 1.165) is 11.1 Å². The van der Waals surface area contributed by atoms with Crippen LogP contribution in [0.4, 0.5) is 0 Å². The van der Waals surface area contributed by atoms with Gasteiger partial charge in [0, 0.05) is 0 Å². The zero-order valence-corrected chi connectivity index (χ0v) is 12.2. The molecule has 0 aliphatic heterocycles. The normalized spacial score (nSPS) is 14.1. The SMILES string of the molecule is NP(=O)(OC=Cc1ccccc1)OC=Cc1ccccc1. The summed E-state index contributed by atoms with van der Waals surface area (Å²) in [6.45, 7) is 0. The standard InChI is InChI=1S/C16H16NO3P/c17-21(18,19-13-11-15-7-3-1-4-8-15)20-14-12-16-9-5-2-6-10-16/h1-14H,(H2,17,18). The Labute approximate surface area is 124 Å². The zero-order chi connectivity index (χ0) is 15.0. The summed E-state index contributed by atoms with van der Waals surface area (Å²) in [5, 5.41) is 0. The third-order valence-corrected chi connectivity index (χ3v) is 3.37. The minimum absolute atomic E-state index is 0.914. The van der Waals surface area contributed by atoms with Gasteiger partial charge in [0.1, 0.15) is 0 Å². The molecule has 0 aliphatic carbocycles. The van der Waals surface area contributed by atoms with E-state index in [1.54, 1.807) is 12.2 Å². The summed E-state index contributed by atoms with van der Waals surface area (Å²) in [6, 6.07) is 18.9. The molecule has 0 atom stereocenters. The molecule has 0 saturated carbocycles. The molecule has 2 aromatic carbocycles. The van der Waals surface area contributed by atoms with Crippen LogP contribution in [0.25, 0.3) is 12.2 Å². The minimum atomic E-state index is -3.64. The van der Waals surface area contributed by atoms with Gasteiger partial charge in [-0.2, -0.15) is 0 Å². The van der Waals surface area contributed by atoms with E-state index in [4.69, 9.17) is 14.6 Å². The van der Waals surface area contributed by atoms with Gasteiger partial charge in [-0.1, -0.05) is 60.7 Å². The van der Waals surface area contributed by atoms with E-state index in [9.17, 15) is 4.57 Å². The van der Waals surface area contributed by atoms with Crippen LogP contribution in [-0.2, 0) is 13.6 Å². The van der Waals surface area contributed by atoms with E-state index in [0.29, 0.717) is 0 Å². The largest absolute Gasteiger partial charge is 0.509 e. The maximum Gasteiger partial charge on any atom is 0.509 e. The average molecular weight is 301 g/mol. The van der Waals surface area contributed by atoms with Crippen molar-refractivity contribution >= 4 is 19.9 Å². The first-order chi connectivity index (χ1) is 10.2. The fourth-order valence-corrected chi connectivity index (χ4v) is 2.05. The fourth-order valence-electron chi connectivity index (χ4n) is 1.54. The Morgan fingerprint density at radius 1 is 0.762 bits per heavy atom. The second-order valence-corrected chi connectivity index (χ2v) is 5.68. The topological polar surface area (TPSA) is 61.6 Å². The van der Waals surface area contributed by atoms with Gasteiger partial charge in [-0.05, 0) is 23.3 Å². The minimum Gasteiger partial charge on any atom is -0.413 e. The molecule has 108 valence electrons. The Morgan fingerprint density at radius 3 is 1.52 bits per heavy atom. The highest BCUT2D eigenvalue weighted by molar-refractivity contribution is 7.51. The molecule has 2 aromatic rings. The summed E-state index contributed by atoms with van der Waals surface area (Å²) in [6.07, 6.45) is 5.85. The third-order valence-electron chi connectivity index (χ3n) is 2.54. The molecule has 0 bridgehead atoms. The summed E-state index contributed by atoms with van der Waals surface area (Å²) in [5.41, 5.74) is 7.28. The Kier molecular flexibility index (Phi) is 5.38. The molecule has 2 N–H and O–H groups in total. The molecule has 0 aromatic heterocycles. The lowest BCUT2D eigenvalue weighted by Gasteiger charge is -2.09. The molecule has 0 spiro atoms. The van der Waals surface area contributed by atoms with Crippen molar-refractivity contribution in [2.45, 2.75) is 0 Å². The van der Waals surface area contributed by atoms with Gasteiger partial charge in [0.15, 0.2) is 0 Å². The van der Waals surface area contributed by atoms with Crippen molar-refractivity contribution in [1.82, 2.24) is 0 Å². The molecule has 0 unspecified atom stereocenters. The molecule has 4 nitrogen and oxygen atoms in total. The van der Waals surface area contributed by atoms with Crippen LogP contribution in [0, 0.1) is 0 Å². The summed E-state index contributed by atoms with van der Waals surface area (Å²) >= 11 is 0. The van der Waals surface area contributed by atoms with Crippen LogP contribution in [0.2, 0.25) is 0 Å². The molecule has 0 heterocycles. The van der Waals surface area contributed by atoms with Crippen molar-refractivity contribution in [1.29, 1.82) is 0 Å². The number of nitrogens with two attached hydrogens (primary N) is 1. The fraction of sp³-hybridized carbons (Fsp3) is 0. The average Bonchev–Trinajstić information content (AvgIpc) is 2.49. The monoisotopic (exact) mass is 301 g/mol. The zero-order valence-electron chi connectivity index (χ0n) is 11.3. The second-order valence-electron chi connectivity index (χ2n) is 4.18. The molecule has 0 saturated heterocycles. The molecule has 2 rings (SSSR count). The van der Waals surface area contributed by atoms with E-state index in [2.05, 4.69) is 0 Å². The smallest absolute Gasteiger partial charge is 0.413 e. The van der Waals surface area contributed by atoms with Crippen molar-refractivity contribution in [3.63, 3.8) is 0 Å². The van der Waals surface area contributed by atoms with E-state index in [1.165, 1.54) is 12.5 Å². The molecule has 5 heteroatoms. The lowest BCUT2D eigenvalue weighted by atomic mass is 10.2. The molecular formula is C16H16NO3P. The Hall–Kier alpha value is -2.29. The first-order valence-corrected chi connectivity index (χ1v) is 7.95. The van der Waals surface area contributed by atoms with Gasteiger partial charge >= 0.3 is 7.75 Å². The highest BCUT2D eigenvalue weighted by atomic mass is 31.2. The molecular weight excluding hydrogens is 285 g/mol. The summed E-state index contributed by atoms with van der Waals surface area (Å²) in [4.78, 5) is 0. The van der Waals surface area contributed by atoms with Crippen molar-refractivity contribution in [2.24, 2.45) is 5.50 Å². The van der Waals surface area contributed by atoms with Gasteiger partial charge in [0.05, 0.1) is 12.5 Å². The van der Waals surface area contributed by atoms with Gasteiger partial charge in [0.2, 0.25) is 0 Å². The lowest BCUT2D eigenvalue weighted by Crippen LogP contribution is -1.96. The van der Waals surface area contributed by atoms with Crippen molar-refractivity contribution < 1.29 is 13.6 Å². The number of hydrogen-bond acceptors (Lipinski definition) is 3. The van der Waals surface area contributed by atoms with Crippen LogP contribution < -0.4 is 5.50 Å². The molecule has 0 aliphatic rings. The van der Waals surface area contributed by atoms with E-state index >= 15 is 0 Å². The number of rotatable bonds is 6. The van der Waals surface area contributed by atoms with Gasteiger partial charge in [-0.3, -0.25) is 0 Å². The first-order valence-electron chi connectivity index (χ1n) is 6.34. The number of benzene rings is 2. The molecule has 21 heavy (non-hydrogen) atoms. The molecule has 0 radical (unpaired) electrons. The van der Waals surface area contributed by atoms with Crippen molar-refractivity contribution in [3.8, 4) is 0 Å². The van der Waals surface area contributed by atoms with Gasteiger partial charge < -0.3 is 9.05 Å². The van der Waals surface area contributed by atoms with Crippen molar-refractivity contribution in [2.75, 3.05) is 0 Å². The van der Waals surface area contributed by atoms with Crippen LogP contribution in [0.5, 0.6) is 0 Å². The predicted octanol–water partition coefficient (Wildman–Crippen LogP) is 4.43. The summed E-state index contributed by atoms with van der Waals surface area (Å²) in [5.74, 6) is 0. The van der Waals surface area contributed by atoms with Crippen LogP contribution in [0.1, 0.15) is 11.1 Å². The summed E-state index contributed by atoms with van der Waals surface area (Å²) < 4.78 is 21.7. The van der Waals surface area contributed by atoms with Gasteiger partial charge in [-0.25, -0.2) is 10.1 Å². The van der Waals surface area contributed by atoms with E-state index in [1.807, 2.05) is 60.7 Å². The van der Waals surface area contributed by atoms with Crippen LogP contribution >= 0.6 is 7.75 Å². The molecule has 0 fully saturated rings. The highest BCUT2D eigenvalue weighted by Crippen LogP contribution is 2.39. The first kappa shape index (κ1) is 15.1. The maximum atomic E-state index is 11.8. The third kappa shape index (κ3) is 5.69. The summed E-state index contributed by atoms with van der Waals surface area (Å²) in [7, 11) is -3.64. The van der Waals surface area contributed by atoms with Gasteiger partial charge in [0.25, 0.3) is 0 Å². The Bertz CT molecular complexity index is 598. The number of hydrogen-bond donors (Lipinski definition) is 1. The van der Waals surface area contributed by atoms with Crippen LogP contribution in [-0.4, -0.2) is 0 Å². The van der Waals surface area contributed by atoms with Crippen molar-refractivity contribution in [3.05, 3.63) is 84.3 Å². The Balaban J connectivity index is 1.86. The highest BCUT2D eigenvalue weighted by Gasteiger charge is 2.16. The van der Waals surface area contributed by atoms with Crippen LogP contribution in [0.3, 0.4) is 0 Å². The predicted molar refractivity (Wildman–Crippen MR) is 84.9 cm³/mol. The Morgan fingerprint density at radius 2 is 1.14 bits per heavy atom. The van der Waals surface area contributed by atoms with E-state index < -0.39 is 7.75 Å². The van der Waals surface area contributed by atoms with Gasteiger partial charge in [-0.15, -0.1) is 0 Å².